The van der Waals surface area contributed by atoms with Gasteiger partial charge in [0.1, 0.15) is 0 Å². The minimum atomic E-state index is 0.827. The van der Waals surface area contributed by atoms with Crippen molar-refractivity contribution in [2.75, 3.05) is 13.7 Å². The highest BCUT2D eigenvalue weighted by Crippen LogP contribution is 2.22. The summed E-state index contributed by atoms with van der Waals surface area (Å²) in [4.78, 5) is 0. The van der Waals surface area contributed by atoms with Crippen LogP contribution in [0.4, 0.5) is 0 Å². The molecule has 22 heavy (non-hydrogen) atoms. The Morgan fingerprint density at radius 2 is 0.909 bits per heavy atom. The van der Waals surface area contributed by atoms with Gasteiger partial charge < -0.3 is 4.74 Å². The molecule has 0 unspecified atom stereocenters. The number of methoxy groups -OCH3 is 1. The van der Waals surface area contributed by atoms with Crippen LogP contribution in [0.25, 0.3) is 0 Å². The van der Waals surface area contributed by atoms with Crippen LogP contribution in [0.2, 0.25) is 0 Å². The van der Waals surface area contributed by atoms with Crippen LogP contribution >= 0.6 is 0 Å². The molecule has 0 N–H and O–H groups in total. The van der Waals surface area contributed by atoms with Gasteiger partial charge in [0.25, 0.3) is 0 Å². The molecule has 134 valence electrons. The van der Waals surface area contributed by atoms with Crippen molar-refractivity contribution in [1.29, 1.82) is 0 Å². The van der Waals surface area contributed by atoms with E-state index in [1.807, 2.05) is 0 Å². The van der Waals surface area contributed by atoms with Gasteiger partial charge in [-0.3, -0.25) is 0 Å². The van der Waals surface area contributed by atoms with Crippen LogP contribution in [0.1, 0.15) is 98.8 Å². The maximum atomic E-state index is 5.16. The predicted molar refractivity (Wildman–Crippen MR) is 100 cm³/mol. The highest BCUT2D eigenvalue weighted by Gasteiger charge is 2.08. The molecule has 3 atom stereocenters. The van der Waals surface area contributed by atoms with Crippen molar-refractivity contribution < 1.29 is 4.74 Å². The first-order valence-electron chi connectivity index (χ1n) is 9.94. The fraction of sp³-hybridized carbons (Fsp3) is 1.00. The third-order valence-electron chi connectivity index (χ3n) is 5.08. The molecular weight excluding hydrogens is 268 g/mol. The zero-order chi connectivity index (χ0) is 16.8. The van der Waals surface area contributed by atoms with Crippen molar-refractivity contribution in [3.05, 3.63) is 0 Å². The van der Waals surface area contributed by atoms with Crippen molar-refractivity contribution in [3.63, 3.8) is 0 Å². The molecule has 0 bridgehead atoms. The maximum Gasteiger partial charge on any atom is 0.0464 e. The number of rotatable bonds is 15. The summed E-state index contributed by atoms with van der Waals surface area (Å²) in [6.45, 7) is 12.9. The zero-order valence-electron chi connectivity index (χ0n) is 16.5. The summed E-state index contributed by atoms with van der Waals surface area (Å²) in [6.07, 6.45) is 14.0. The smallest absolute Gasteiger partial charge is 0.0464 e. The van der Waals surface area contributed by atoms with Gasteiger partial charge in [-0.05, 0) is 30.1 Å². The molecule has 0 spiro atoms. The van der Waals surface area contributed by atoms with E-state index in [2.05, 4.69) is 34.6 Å². The van der Waals surface area contributed by atoms with Crippen LogP contribution in [0.5, 0.6) is 0 Å². The monoisotopic (exact) mass is 312 g/mol. The quantitative estimate of drug-likeness (QED) is 0.313. The van der Waals surface area contributed by atoms with Crippen molar-refractivity contribution in [2.45, 2.75) is 98.8 Å². The summed E-state index contributed by atoms with van der Waals surface area (Å²) in [5, 5.41) is 0. The third-order valence-corrected chi connectivity index (χ3v) is 5.08. The lowest BCUT2D eigenvalue weighted by Gasteiger charge is -2.16. The Balaban J connectivity index is 3.46. The molecule has 0 aromatic rings. The van der Waals surface area contributed by atoms with Crippen LogP contribution in [-0.2, 0) is 4.74 Å². The first-order valence-corrected chi connectivity index (χ1v) is 9.94. The Bertz CT molecular complexity index is 224. The fourth-order valence-corrected chi connectivity index (χ4v) is 3.26. The molecule has 0 saturated heterocycles. The molecule has 0 rings (SSSR count). The SMILES string of the molecule is COCC[C@H](C)CCC[C@H](C)CCC[C@H](C)CCCC(C)C. The molecule has 0 aliphatic heterocycles. The minimum absolute atomic E-state index is 0.827. The van der Waals surface area contributed by atoms with Crippen molar-refractivity contribution in [2.24, 2.45) is 23.7 Å². The molecular formula is C21H44O. The van der Waals surface area contributed by atoms with E-state index in [1.54, 1.807) is 7.11 Å². The Labute approximate surface area is 141 Å². The van der Waals surface area contributed by atoms with Gasteiger partial charge in [0.2, 0.25) is 0 Å². The van der Waals surface area contributed by atoms with Crippen molar-refractivity contribution in [1.82, 2.24) is 0 Å². The number of hydrogen-bond acceptors (Lipinski definition) is 1. The molecule has 0 fully saturated rings. The van der Waals surface area contributed by atoms with Gasteiger partial charge in [0.15, 0.2) is 0 Å². The number of hydrogen-bond donors (Lipinski definition) is 0. The van der Waals surface area contributed by atoms with E-state index in [-0.39, 0.29) is 0 Å². The molecule has 0 heterocycles. The summed E-state index contributed by atoms with van der Waals surface area (Å²) in [6, 6.07) is 0. The maximum absolute atomic E-state index is 5.16. The fourth-order valence-electron chi connectivity index (χ4n) is 3.26. The second kappa shape index (κ2) is 14.5. The number of ether oxygens (including phenoxy) is 1. The van der Waals surface area contributed by atoms with E-state index in [4.69, 9.17) is 4.74 Å². The van der Waals surface area contributed by atoms with E-state index >= 15 is 0 Å². The van der Waals surface area contributed by atoms with E-state index in [0.29, 0.717) is 0 Å². The Kier molecular flexibility index (Phi) is 14.5. The lowest BCUT2D eigenvalue weighted by Crippen LogP contribution is -2.03. The second-order valence-corrected chi connectivity index (χ2v) is 8.28. The van der Waals surface area contributed by atoms with Crippen molar-refractivity contribution in [3.8, 4) is 0 Å². The lowest BCUT2D eigenvalue weighted by atomic mass is 9.91. The molecule has 0 aliphatic rings. The Morgan fingerprint density at radius 3 is 1.27 bits per heavy atom. The van der Waals surface area contributed by atoms with E-state index in [0.717, 1.165) is 30.3 Å². The van der Waals surface area contributed by atoms with E-state index in [1.165, 1.54) is 64.2 Å². The van der Waals surface area contributed by atoms with E-state index in [9.17, 15) is 0 Å². The zero-order valence-corrected chi connectivity index (χ0v) is 16.5. The standard InChI is InChI=1S/C21H44O/c1-18(2)10-7-11-19(3)12-8-13-20(4)14-9-15-21(5)16-17-22-6/h18-21H,7-17H2,1-6H3/t19-,20-,21-/m1/s1. The lowest BCUT2D eigenvalue weighted by molar-refractivity contribution is 0.177. The van der Waals surface area contributed by atoms with E-state index < -0.39 is 0 Å². The van der Waals surface area contributed by atoms with Gasteiger partial charge >= 0.3 is 0 Å². The van der Waals surface area contributed by atoms with Gasteiger partial charge in [-0.2, -0.15) is 0 Å². The first-order chi connectivity index (χ1) is 10.5. The third kappa shape index (κ3) is 14.9. The van der Waals surface area contributed by atoms with Crippen molar-refractivity contribution >= 4 is 0 Å². The van der Waals surface area contributed by atoms with Crippen LogP contribution < -0.4 is 0 Å². The summed E-state index contributed by atoms with van der Waals surface area (Å²) in [7, 11) is 1.80. The molecule has 0 aromatic heterocycles. The Hall–Kier alpha value is -0.0400. The molecule has 0 aliphatic carbocycles. The minimum Gasteiger partial charge on any atom is -0.385 e. The summed E-state index contributed by atoms with van der Waals surface area (Å²) in [5.41, 5.74) is 0. The highest BCUT2D eigenvalue weighted by molar-refractivity contribution is 4.61. The first kappa shape index (κ1) is 22.0. The average Bonchev–Trinajstić information content (AvgIpc) is 2.44. The normalized spacial score (nSPS) is 16.0. The summed E-state index contributed by atoms with van der Waals surface area (Å²) < 4.78 is 5.16. The second-order valence-electron chi connectivity index (χ2n) is 8.28. The molecule has 1 heteroatoms. The van der Waals surface area contributed by atoms with Gasteiger partial charge in [-0.15, -0.1) is 0 Å². The summed E-state index contributed by atoms with van der Waals surface area (Å²) >= 11 is 0. The predicted octanol–water partition coefficient (Wildman–Crippen LogP) is 7.10. The van der Waals surface area contributed by atoms with Gasteiger partial charge in [-0.1, -0.05) is 92.4 Å². The molecule has 0 radical (unpaired) electrons. The largest absolute Gasteiger partial charge is 0.385 e. The average molecular weight is 313 g/mol. The molecule has 1 nitrogen and oxygen atoms in total. The molecule has 0 amide bonds. The topological polar surface area (TPSA) is 9.23 Å². The molecule has 0 aromatic carbocycles. The van der Waals surface area contributed by atoms with Gasteiger partial charge in [0, 0.05) is 13.7 Å². The van der Waals surface area contributed by atoms with Crippen LogP contribution in [0.3, 0.4) is 0 Å². The summed E-state index contributed by atoms with van der Waals surface area (Å²) in [5.74, 6) is 3.55. The van der Waals surface area contributed by atoms with Crippen LogP contribution in [-0.4, -0.2) is 13.7 Å². The van der Waals surface area contributed by atoms with Crippen LogP contribution in [0, 0.1) is 23.7 Å². The Morgan fingerprint density at radius 1 is 0.545 bits per heavy atom. The van der Waals surface area contributed by atoms with Gasteiger partial charge in [0.05, 0.1) is 0 Å². The highest BCUT2D eigenvalue weighted by atomic mass is 16.5. The van der Waals surface area contributed by atoms with Crippen LogP contribution in [0.15, 0.2) is 0 Å². The molecule has 0 saturated carbocycles. The van der Waals surface area contributed by atoms with Gasteiger partial charge in [-0.25, -0.2) is 0 Å².